The van der Waals surface area contributed by atoms with Crippen molar-refractivity contribution >= 4 is 17.0 Å². The summed E-state index contributed by atoms with van der Waals surface area (Å²) in [5.74, 6) is 0.0129. The van der Waals surface area contributed by atoms with Crippen LogP contribution in [0.15, 0.2) is 77.6 Å². The van der Waals surface area contributed by atoms with Gasteiger partial charge in [-0.25, -0.2) is 18.9 Å². The summed E-state index contributed by atoms with van der Waals surface area (Å²) in [4.78, 5) is 27.7. The Labute approximate surface area is 219 Å². The maximum absolute atomic E-state index is 13.8. The Morgan fingerprint density at radius 3 is 2.49 bits per heavy atom. The van der Waals surface area contributed by atoms with E-state index in [2.05, 4.69) is 15.0 Å². The normalized spacial score (nSPS) is 13.5. The van der Waals surface area contributed by atoms with Crippen molar-refractivity contribution in [3.05, 3.63) is 111 Å². The van der Waals surface area contributed by atoms with Gasteiger partial charge in [-0.2, -0.15) is 13.2 Å². The number of ether oxygens (including phenoxy) is 1. The summed E-state index contributed by atoms with van der Waals surface area (Å²) in [6.07, 6.45) is -4.06. The molecule has 198 valence electrons. The van der Waals surface area contributed by atoms with Gasteiger partial charge < -0.3 is 14.6 Å². The first-order valence-electron chi connectivity index (χ1n) is 12.2. The number of para-hydroxylation sites is 1. The van der Waals surface area contributed by atoms with Gasteiger partial charge in [-0.1, -0.05) is 30.3 Å². The number of aromatic amines is 1. The molecule has 0 saturated carbocycles. The van der Waals surface area contributed by atoms with Crippen LogP contribution in [0.5, 0.6) is 6.01 Å². The van der Waals surface area contributed by atoms with Gasteiger partial charge >= 0.3 is 12.2 Å². The van der Waals surface area contributed by atoms with Crippen LogP contribution in [-0.2, 0) is 25.7 Å². The van der Waals surface area contributed by atoms with E-state index in [1.54, 1.807) is 36.4 Å². The number of hydrogen-bond donors (Lipinski definition) is 1. The van der Waals surface area contributed by atoms with Crippen LogP contribution in [0.1, 0.15) is 22.4 Å². The fourth-order valence-corrected chi connectivity index (χ4v) is 4.59. The first kappa shape index (κ1) is 24.7. The summed E-state index contributed by atoms with van der Waals surface area (Å²) in [5, 5.41) is 0. The Balaban J connectivity index is 1.35. The van der Waals surface area contributed by atoms with Crippen LogP contribution in [0.25, 0.3) is 16.7 Å². The van der Waals surface area contributed by atoms with E-state index >= 15 is 0 Å². The van der Waals surface area contributed by atoms with Gasteiger partial charge in [0.25, 0.3) is 5.56 Å². The highest BCUT2D eigenvalue weighted by Crippen LogP contribution is 2.32. The topological polar surface area (TPSA) is 76.0 Å². The molecule has 1 aliphatic heterocycles. The number of alkyl halides is 3. The molecular weight excluding hydrogens is 514 g/mol. The highest BCUT2D eigenvalue weighted by Gasteiger charge is 2.31. The molecule has 5 aromatic rings. The summed E-state index contributed by atoms with van der Waals surface area (Å²) in [7, 11) is 0. The van der Waals surface area contributed by atoms with Crippen LogP contribution in [-0.4, -0.2) is 26.1 Å². The Morgan fingerprint density at radius 2 is 1.74 bits per heavy atom. The molecule has 0 radical (unpaired) electrons. The van der Waals surface area contributed by atoms with Crippen LogP contribution in [0, 0.1) is 5.82 Å². The number of aromatic nitrogens is 4. The molecule has 0 unspecified atom stereocenters. The van der Waals surface area contributed by atoms with Gasteiger partial charge in [0.15, 0.2) is 0 Å². The van der Waals surface area contributed by atoms with Crippen molar-refractivity contribution in [1.29, 1.82) is 0 Å². The molecule has 11 heteroatoms. The number of H-pyrrole nitrogens is 1. The minimum absolute atomic E-state index is 0.0867. The first-order chi connectivity index (χ1) is 18.8. The summed E-state index contributed by atoms with van der Waals surface area (Å²) in [6, 6.07) is 18.3. The van der Waals surface area contributed by atoms with Gasteiger partial charge in [0.1, 0.15) is 12.4 Å². The minimum Gasteiger partial charge on any atom is -0.459 e. The monoisotopic (exact) mass is 535 g/mol. The molecule has 0 aliphatic carbocycles. The van der Waals surface area contributed by atoms with Crippen molar-refractivity contribution in [2.45, 2.75) is 25.7 Å². The van der Waals surface area contributed by atoms with E-state index in [0.29, 0.717) is 46.9 Å². The van der Waals surface area contributed by atoms with Gasteiger partial charge in [0.05, 0.1) is 40.1 Å². The lowest BCUT2D eigenvalue weighted by Crippen LogP contribution is -2.38. The smallest absolute Gasteiger partial charge is 0.416 e. The maximum Gasteiger partial charge on any atom is 0.416 e. The fraction of sp³-hybridized carbons (Fsp3) is 0.179. The number of nitrogens with one attached hydrogen (secondary N) is 1. The number of nitrogens with zero attached hydrogens (tertiary/aromatic N) is 4. The number of halogens is 4. The molecule has 3 heterocycles. The molecule has 0 fully saturated rings. The summed E-state index contributed by atoms with van der Waals surface area (Å²) >= 11 is 0. The number of fused-ring (bicyclic) bond motifs is 2. The van der Waals surface area contributed by atoms with Crippen molar-refractivity contribution in [3.8, 4) is 11.7 Å². The molecule has 0 saturated heterocycles. The molecule has 0 amide bonds. The number of rotatable bonds is 5. The standard InChI is InChI=1S/C28H21F4N5O2/c29-19-9-6-17(7-10-19)16-39-27-35-22-12-13-36(15-21(22)25(38)37(27)20-4-2-1-3-5-20)26-33-23-11-8-18(28(30,31)32)14-24(23)34-26/h1-11,14H,12-13,15-16H2,(H,33,34). The molecule has 1 aliphatic rings. The number of benzene rings is 3. The molecular formula is C28H21F4N5O2. The third-order valence-electron chi connectivity index (χ3n) is 6.59. The quantitative estimate of drug-likeness (QED) is 0.305. The Hall–Kier alpha value is -4.67. The van der Waals surface area contributed by atoms with Gasteiger partial charge in [-0.05, 0) is 48.0 Å². The van der Waals surface area contributed by atoms with E-state index in [4.69, 9.17) is 4.74 Å². The maximum atomic E-state index is 13.8. The Kier molecular flexibility index (Phi) is 6.05. The van der Waals surface area contributed by atoms with Crippen molar-refractivity contribution in [3.63, 3.8) is 0 Å². The number of hydrogen-bond acceptors (Lipinski definition) is 5. The lowest BCUT2D eigenvalue weighted by Gasteiger charge is -2.28. The molecule has 0 spiro atoms. The second-order valence-corrected chi connectivity index (χ2v) is 9.17. The summed E-state index contributed by atoms with van der Waals surface area (Å²) < 4.78 is 60.1. The summed E-state index contributed by atoms with van der Waals surface area (Å²) in [5.41, 5.74) is 1.87. The zero-order chi connectivity index (χ0) is 27.1. The van der Waals surface area contributed by atoms with Gasteiger partial charge in [0, 0.05) is 13.0 Å². The molecule has 0 bridgehead atoms. The average molecular weight is 536 g/mol. The lowest BCUT2D eigenvalue weighted by molar-refractivity contribution is -0.137. The van der Waals surface area contributed by atoms with Gasteiger partial charge in [0.2, 0.25) is 5.95 Å². The van der Waals surface area contributed by atoms with E-state index in [-0.39, 0.29) is 36.1 Å². The van der Waals surface area contributed by atoms with Crippen molar-refractivity contribution < 1.29 is 22.3 Å². The van der Waals surface area contributed by atoms with Crippen molar-refractivity contribution in [2.24, 2.45) is 0 Å². The highest BCUT2D eigenvalue weighted by molar-refractivity contribution is 5.78. The van der Waals surface area contributed by atoms with Crippen LogP contribution in [0.3, 0.4) is 0 Å². The average Bonchev–Trinajstić information content (AvgIpc) is 3.36. The van der Waals surface area contributed by atoms with Crippen LogP contribution in [0.4, 0.5) is 23.5 Å². The number of anilines is 1. The van der Waals surface area contributed by atoms with Gasteiger partial charge in [-0.3, -0.25) is 4.79 Å². The van der Waals surface area contributed by atoms with Crippen LogP contribution >= 0.6 is 0 Å². The molecule has 3 aromatic carbocycles. The minimum atomic E-state index is -4.46. The first-order valence-corrected chi connectivity index (χ1v) is 12.2. The lowest BCUT2D eigenvalue weighted by atomic mass is 10.1. The molecule has 2 aromatic heterocycles. The predicted octanol–water partition coefficient (Wildman–Crippen LogP) is 5.41. The van der Waals surface area contributed by atoms with Crippen LogP contribution < -0.4 is 15.2 Å². The molecule has 7 nitrogen and oxygen atoms in total. The zero-order valence-electron chi connectivity index (χ0n) is 20.4. The van der Waals surface area contributed by atoms with E-state index in [1.165, 1.54) is 22.8 Å². The largest absolute Gasteiger partial charge is 0.459 e. The van der Waals surface area contributed by atoms with E-state index in [0.717, 1.165) is 12.1 Å². The summed E-state index contributed by atoms with van der Waals surface area (Å²) in [6.45, 7) is 0.694. The highest BCUT2D eigenvalue weighted by atomic mass is 19.4. The van der Waals surface area contributed by atoms with Crippen molar-refractivity contribution in [2.75, 3.05) is 11.4 Å². The second-order valence-electron chi connectivity index (χ2n) is 9.17. The van der Waals surface area contributed by atoms with Crippen LogP contribution in [0.2, 0.25) is 0 Å². The Bertz CT molecular complexity index is 1710. The molecule has 0 atom stereocenters. The molecule has 6 rings (SSSR count). The van der Waals surface area contributed by atoms with Crippen molar-refractivity contribution in [1.82, 2.24) is 19.5 Å². The fourth-order valence-electron chi connectivity index (χ4n) is 4.59. The van der Waals surface area contributed by atoms with E-state index in [1.807, 2.05) is 11.0 Å². The van der Waals surface area contributed by atoms with E-state index in [9.17, 15) is 22.4 Å². The second kappa shape index (κ2) is 9.57. The predicted molar refractivity (Wildman–Crippen MR) is 136 cm³/mol. The number of imidazole rings is 1. The Morgan fingerprint density at radius 1 is 0.974 bits per heavy atom. The molecule has 1 N–H and O–H groups in total. The van der Waals surface area contributed by atoms with Gasteiger partial charge in [-0.15, -0.1) is 0 Å². The third-order valence-corrected chi connectivity index (χ3v) is 6.59. The zero-order valence-corrected chi connectivity index (χ0v) is 20.4. The van der Waals surface area contributed by atoms with E-state index < -0.39 is 11.7 Å². The third kappa shape index (κ3) is 4.83. The molecule has 39 heavy (non-hydrogen) atoms. The SMILES string of the molecule is O=c1c2c(nc(OCc3ccc(F)cc3)n1-c1ccccc1)CCN(c1nc3ccc(C(F)(F)F)cc3[nH]1)C2.